The largest absolute Gasteiger partial charge is 0.416 e. The first kappa shape index (κ1) is 11.4. The van der Waals surface area contributed by atoms with Crippen LogP contribution >= 0.6 is 11.3 Å². The lowest BCUT2D eigenvalue weighted by atomic mass is 10.1. The monoisotopic (exact) mass is 245 g/mol. The molecule has 0 fully saturated rings. The fourth-order valence-electron chi connectivity index (χ4n) is 1.59. The van der Waals surface area contributed by atoms with Crippen molar-refractivity contribution in [3.63, 3.8) is 0 Å². The Labute approximate surface area is 94.9 Å². The molecule has 2 aromatic rings. The molecule has 1 nitrogen and oxygen atoms in total. The highest BCUT2D eigenvalue weighted by Crippen LogP contribution is 2.34. The van der Waals surface area contributed by atoms with Gasteiger partial charge >= 0.3 is 6.18 Å². The Morgan fingerprint density at radius 2 is 2.06 bits per heavy atom. The molecule has 5 heteroatoms. The van der Waals surface area contributed by atoms with Crippen molar-refractivity contribution in [3.8, 4) is 0 Å². The molecular weight excluding hydrogens is 235 g/mol. The molecule has 0 aliphatic heterocycles. The van der Waals surface area contributed by atoms with Crippen molar-refractivity contribution >= 4 is 21.4 Å². The van der Waals surface area contributed by atoms with Crippen molar-refractivity contribution in [3.05, 3.63) is 34.7 Å². The highest BCUT2D eigenvalue weighted by atomic mass is 32.1. The third-order valence-electron chi connectivity index (χ3n) is 2.35. The minimum Gasteiger partial charge on any atom is -0.316 e. The predicted octanol–water partition coefficient (Wildman–Crippen LogP) is 3.64. The van der Waals surface area contributed by atoms with Crippen LogP contribution in [-0.2, 0) is 12.7 Å². The second kappa shape index (κ2) is 4.07. The summed E-state index contributed by atoms with van der Waals surface area (Å²) in [6.45, 7) is 0.585. The number of rotatable bonds is 2. The molecule has 0 atom stereocenters. The fourth-order valence-corrected chi connectivity index (χ4v) is 2.53. The molecule has 0 amide bonds. The van der Waals surface area contributed by atoms with Crippen molar-refractivity contribution in [2.24, 2.45) is 0 Å². The highest BCUT2D eigenvalue weighted by molar-refractivity contribution is 7.17. The third-order valence-corrected chi connectivity index (χ3v) is 3.36. The zero-order valence-corrected chi connectivity index (χ0v) is 9.38. The SMILES string of the molecule is CNCc1csc2ccc(C(F)(F)F)cc12. The van der Waals surface area contributed by atoms with Crippen LogP contribution in [0.4, 0.5) is 13.2 Å². The van der Waals surface area contributed by atoms with Crippen molar-refractivity contribution in [1.82, 2.24) is 5.32 Å². The van der Waals surface area contributed by atoms with Crippen molar-refractivity contribution in [1.29, 1.82) is 0 Å². The van der Waals surface area contributed by atoms with E-state index in [4.69, 9.17) is 0 Å². The van der Waals surface area contributed by atoms with E-state index in [-0.39, 0.29) is 0 Å². The van der Waals surface area contributed by atoms with Gasteiger partial charge in [0.1, 0.15) is 0 Å². The van der Waals surface area contributed by atoms with Crippen LogP contribution < -0.4 is 5.32 Å². The number of halogens is 3. The molecule has 0 spiro atoms. The Bertz CT molecular complexity index is 501. The van der Waals surface area contributed by atoms with Crippen molar-refractivity contribution in [2.45, 2.75) is 12.7 Å². The average Bonchev–Trinajstić information content (AvgIpc) is 2.60. The second-order valence-electron chi connectivity index (χ2n) is 3.50. The number of hydrogen-bond acceptors (Lipinski definition) is 2. The lowest BCUT2D eigenvalue weighted by molar-refractivity contribution is -0.137. The van der Waals surface area contributed by atoms with E-state index in [1.807, 2.05) is 5.38 Å². The van der Waals surface area contributed by atoms with Crippen LogP contribution in [-0.4, -0.2) is 7.05 Å². The van der Waals surface area contributed by atoms with Gasteiger partial charge in [-0.15, -0.1) is 11.3 Å². The van der Waals surface area contributed by atoms with Gasteiger partial charge in [-0.1, -0.05) is 0 Å². The topological polar surface area (TPSA) is 12.0 Å². The number of alkyl halides is 3. The van der Waals surface area contributed by atoms with Gasteiger partial charge < -0.3 is 5.32 Å². The Kier molecular flexibility index (Phi) is 2.90. The molecule has 0 aliphatic rings. The van der Waals surface area contributed by atoms with Crippen LogP contribution in [0.1, 0.15) is 11.1 Å². The van der Waals surface area contributed by atoms with E-state index in [0.29, 0.717) is 11.9 Å². The summed E-state index contributed by atoms with van der Waals surface area (Å²) in [5.41, 5.74) is 0.323. The molecule has 0 saturated heterocycles. The lowest BCUT2D eigenvalue weighted by Crippen LogP contribution is -2.06. The van der Waals surface area contributed by atoms with Gasteiger partial charge in [-0.2, -0.15) is 13.2 Å². The molecule has 0 bridgehead atoms. The summed E-state index contributed by atoms with van der Waals surface area (Å²) < 4.78 is 38.5. The average molecular weight is 245 g/mol. The van der Waals surface area contributed by atoms with Gasteiger partial charge in [0.05, 0.1) is 5.56 Å². The maximum atomic E-state index is 12.5. The molecule has 0 radical (unpaired) electrons. The van der Waals surface area contributed by atoms with Crippen LogP contribution in [0.5, 0.6) is 0 Å². The number of benzene rings is 1. The maximum Gasteiger partial charge on any atom is 0.416 e. The molecule has 86 valence electrons. The highest BCUT2D eigenvalue weighted by Gasteiger charge is 2.30. The molecule has 2 rings (SSSR count). The molecule has 0 saturated carbocycles. The first-order chi connectivity index (χ1) is 7.52. The second-order valence-corrected chi connectivity index (χ2v) is 4.41. The minimum atomic E-state index is -4.27. The van der Waals surface area contributed by atoms with E-state index >= 15 is 0 Å². The van der Waals surface area contributed by atoms with Crippen LogP contribution in [0.3, 0.4) is 0 Å². The Balaban J connectivity index is 2.54. The quantitative estimate of drug-likeness (QED) is 0.851. The molecule has 1 N–H and O–H groups in total. The first-order valence-corrected chi connectivity index (χ1v) is 5.62. The number of fused-ring (bicyclic) bond motifs is 1. The summed E-state index contributed by atoms with van der Waals surface area (Å²) in [4.78, 5) is 0. The molecule has 16 heavy (non-hydrogen) atoms. The van der Waals surface area contributed by atoms with Crippen LogP contribution in [0.2, 0.25) is 0 Å². The van der Waals surface area contributed by atoms with E-state index in [9.17, 15) is 13.2 Å². The normalized spacial score (nSPS) is 12.2. The van der Waals surface area contributed by atoms with E-state index in [0.717, 1.165) is 16.3 Å². The van der Waals surface area contributed by atoms with Gasteiger partial charge in [0.15, 0.2) is 0 Å². The van der Waals surface area contributed by atoms with Gasteiger partial charge in [-0.25, -0.2) is 0 Å². The van der Waals surface area contributed by atoms with E-state index < -0.39 is 11.7 Å². The Hall–Kier alpha value is -1.07. The van der Waals surface area contributed by atoms with Gasteiger partial charge in [-0.3, -0.25) is 0 Å². The van der Waals surface area contributed by atoms with E-state index in [1.54, 1.807) is 7.05 Å². The molecule has 1 aromatic carbocycles. The third kappa shape index (κ3) is 2.05. The van der Waals surface area contributed by atoms with Crippen molar-refractivity contribution < 1.29 is 13.2 Å². The predicted molar refractivity (Wildman–Crippen MR) is 59.6 cm³/mol. The molecule has 0 unspecified atom stereocenters. The van der Waals surface area contributed by atoms with Gasteiger partial charge in [0.25, 0.3) is 0 Å². The summed E-state index contributed by atoms with van der Waals surface area (Å²) >= 11 is 1.47. The van der Waals surface area contributed by atoms with Gasteiger partial charge in [-0.05, 0) is 41.6 Å². The number of thiophene rings is 1. The summed E-state index contributed by atoms with van der Waals surface area (Å²) in [7, 11) is 1.77. The van der Waals surface area contributed by atoms with E-state index in [1.165, 1.54) is 23.5 Å². The number of nitrogens with one attached hydrogen (secondary N) is 1. The summed E-state index contributed by atoms with van der Waals surface area (Å²) in [6, 6.07) is 3.88. The van der Waals surface area contributed by atoms with Gasteiger partial charge in [0.2, 0.25) is 0 Å². The molecule has 1 heterocycles. The fraction of sp³-hybridized carbons (Fsp3) is 0.273. The maximum absolute atomic E-state index is 12.5. The van der Waals surface area contributed by atoms with E-state index in [2.05, 4.69) is 5.32 Å². The standard InChI is InChI=1S/C11H10F3NS/c1-15-5-7-6-16-10-3-2-8(4-9(7)10)11(12,13)14/h2-4,6,15H,5H2,1H3. The molecule has 0 aliphatic carbocycles. The zero-order valence-electron chi connectivity index (χ0n) is 8.56. The summed E-state index contributed by atoms with van der Waals surface area (Å²) in [5, 5.41) is 5.53. The summed E-state index contributed by atoms with van der Waals surface area (Å²) in [5.74, 6) is 0. The molecular formula is C11H10F3NS. The summed E-state index contributed by atoms with van der Waals surface area (Å²) in [6.07, 6.45) is -4.27. The van der Waals surface area contributed by atoms with Gasteiger partial charge in [0, 0.05) is 11.2 Å². The lowest BCUT2D eigenvalue weighted by Gasteiger charge is -2.06. The Morgan fingerprint density at radius 3 is 2.69 bits per heavy atom. The zero-order chi connectivity index (χ0) is 11.8. The van der Waals surface area contributed by atoms with Crippen LogP contribution in [0.25, 0.3) is 10.1 Å². The number of hydrogen-bond donors (Lipinski definition) is 1. The minimum absolute atomic E-state index is 0.585. The first-order valence-electron chi connectivity index (χ1n) is 4.74. The Morgan fingerprint density at radius 1 is 1.31 bits per heavy atom. The van der Waals surface area contributed by atoms with Crippen LogP contribution in [0, 0.1) is 0 Å². The smallest absolute Gasteiger partial charge is 0.316 e. The van der Waals surface area contributed by atoms with Crippen molar-refractivity contribution in [2.75, 3.05) is 7.05 Å². The molecule has 1 aromatic heterocycles. The van der Waals surface area contributed by atoms with Crippen LogP contribution in [0.15, 0.2) is 23.6 Å².